The zero-order valence-corrected chi connectivity index (χ0v) is 15.8. The Hall–Kier alpha value is -1.70. The van der Waals surface area contributed by atoms with E-state index in [1.807, 2.05) is 32.9 Å². The minimum atomic E-state index is -3.44. The fourth-order valence-corrected chi connectivity index (χ4v) is 4.65. The fourth-order valence-electron chi connectivity index (χ4n) is 3.09. The molecule has 0 bridgehead atoms. The van der Waals surface area contributed by atoms with Crippen molar-refractivity contribution in [3.8, 4) is 0 Å². The molecule has 0 atom stereocenters. The molecule has 1 saturated heterocycles. The van der Waals surface area contributed by atoms with Crippen LogP contribution in [-0.4, -0.2) is 49.0 Å². The first-order valence-electron chi connectivity index (χ1n) is 8.58. The summed E-state index contributed by atoms with van der Waals surface area (Å²) in [5, 5.41) is 4.03. The second-order valence-corrected chi connectivity index (χ2v) is 8.65. The normalized spacial score (nSPS) is 17.6. The van der Waals surface area contributed by atoms with Crippen LogP contribution in [0.4, 0.5) is 0 Å². The van der Waals surface area contributed by atoms with E-state index in [4.69, 9.17) is 4.52 Å². The molecule has 25 heavy (non-hydrogen) atoms. The molecule has 7 heteroatoms. The monoisotopic (exact) mass is 363 g/mol. The highest BCUT2D eigenvalue weighted by Crippen LogP contribution is 2.21. The lowest BCUT2D eigenvalue weighted by molar-refractivity contribution is 0.268. The van der Waals surface area contributed by atoms with Crippen molar-refractivity contribution >= 4 is 10.0 Å². The van der Waals surface area contributed by atoms with E-state index in [9.17, 15) is 8.42 Å². The van der Waals surface area contributed by atoms with Gasteiger partial charge in [-0.25, -0.2) is 8.42 Å². The molecular formula is C18H25N3O3S. The van der Waals surface area contributed by atoms with Crippen molar-refractivity contribution in [2.24, 2.45) is 0 Å². The van der Waals surface area contributed by atoms with E-state index >= 15 is 0 Å². The number of rotatable bonds is 4. The van der Waals surface area contributed by atoms with Crippen LogP contribution in [0, 0.1) is 20.8 Å². The second kappa shape index (κ2) is 7.27. The van der Waals surface area contributed by atoms with Gasteiger partial charge in [0.1, 0.15) is 5.76 Å². The molecule has 1 aliphatic heterocycles. The van der Waals surface area contributed by atoms with Gasteiger partial charge in [-0.15, -0.1) is 0 Å². The number of benzene rings is 1. The average Bonchev–Trinajstić information content (AvgIpc) is 2.82. The Balaban J connectivity index is 1.70. The smallest absolute Gasteiger partial charge is 0.243 e. The van der Waals surface area contributed by atoms with Crippen LogP contribution in [0.25, 0.3) is 0 Å². The Labute approximate surface area is 149 Å². The van der Waals surface area contributed by atoms with Crippen LogP contribution in [0.15, 0.2) is 33.7 Å². The number of aryl methyl sites for hydroxylation is 3. The lowest BCUT2D eigenvalue weighted by Gasteiger charge is -2.21. The molecule has 1 fully saturated rings. The molecule has 1 aliphatic rings. The van der Waals surface area contributed by atoms with Crippen LogP contribution in [0.3, 0.4) is 0 Å². The molecule has 0 aliphatic carbocycles. The van der Waals surface area contributed by atoms with Gasteiger partial charge in [-0.3, -0.25) is 4.90 Å². The summed E-state index contributed by atoms with van der Waals surface area (Å²) in [7, 11) is -3.44. The first kappa shape index (κ1) is 18.1. The number of hydrogen-bond donors (Lipinski definition) is 0. The van der Waals surface area contributed by atoms with Gasteiger partial charge in [0.25, 0.3) is 0 Å². The standard InChI is InChI=1S/C18H25N3O3S/c1-14-5-6-18(11-15(14)2)25(22,23)21-8-4-7-20(9-10-21)13-17-12-16(3)24-19-17/h5-6,11-12H,4,7-10,13H2,1-3H3. The van der Waals surface area contributed by atoms with Crippen molar-refractivity contribution in [2.75, 3.05) is 26.2 Å². The number of sulfonamides is 1. The van der Waals surface area contributed by atoms with E-state index in [0.29, 0.717) is 31.1 Å². The van der Waals surface area contributed by atoms with Gasteiger partial charge in [0.05, 0.1) is 10.6 Å². The van der Waals surface area contributed by atoms with Crippen LogP contribution in [0.5, 0.6) is 0 Å². The summed E-state index contributed by atoms with van der Waals surface area (Å²) in [6, 6.07) is 7.28. The summed E-state index contributed by atoms with van der Waals surface area (Å²) < 4.78 is 32.6. The molecule has 2 aromatic rings. The van der Waals surface area contributed by atoms with Gasteiger partial charge in [-0.1, -0.05) is 11.2 Å². The number of hydrogen-bond acceptors (Lipinski definition) is 5. The molecule has 0 N–H and O–H groups in total. The lowest BCUT2D eigenvalue weighted by Crippen LogP contribution is -2.35. The van der Waals surface area contributed by atoms with E-state index < -0.39 is 10.0 Å². The van der Waals surface area contributed by atoms with Crippen molar-refractivity contribution in [3.05, 3.63) is 46.8 Å². The SMILES string of the molecule is Cc1cc(CN2CCCN(S(=O)(=O)c3ccc(C)c(C)c3)CC2)no1. The largest absolute Gasteiger partial charge is 0.361 e. The lowest BCUT2D eigenvalue weighted by atomic mass is 10.1. The van der Waals surface area contributed by atoms with E-state index in [0.717, 1.165) is 35.5 Å². The quantitative estimate of drug-likeness (QED) is 0.835. The van der Waals surface area contributed by atoms with Crippen molar-refractivity contribution in [3.63, 3.8) is 0 Å². The van der Waals surface area contributed by atoms with Crippen molar-refractivity contribution in [2.45, 2.75) is 38.6 Å². The third kappa shape index (κ3) is 4.11. The predicted octanol–water partition coefficient (Wildman–Crippen LogP) is 2.50. The second-order valence-electron chi connectivity index (χ2n) is 6.71. The van der Waals surface area contributed by atoms with Gasteiger partial charge < -0.3 is 4.52 Å². The molecule has 2 heterocycles. The zero-order chi connectivity index (χ0) is 18.0. The van der Waals surface area contributed by atoms with Crippen LogP contribution >= 0.6 is 0 Å². The molecule has 0 amide bonds. The Morgan fingerprint density at radius 1 is 1.04 bits per heavy atom. The fraction of sp³-hybridized carbons (Fsp3) is 0.500. The molecule has 6 nitrogen and oxygen atoms in total. The molecule has 0 spiro atoms. The van der Waals surface area contributed by atoms with Crippen LogP contribution < -0.4 is 0 Å². The van der Waals surface area contributed by atoms with Gasteiger partial charge in [0.15, 0.2) is 0 Å². The molecule has 0 saturated carbocycles. The minimum absolute atomic E-state index is 0.385. The third-order valence-corrected chi connectivity index (χ3v) is 6.62. The van der Waals surface area contributed by atoms with Gasteiger partial charge in [0, 0.05) is 32.2 Å². The van der Waals surface area contributed by atoms with E-state index in [1.54, 1.807) is 16.4 Å². The molecular weight excluding hydrogens is 338 g/mol. The Bertz CT molecular complexity index is 845. The molecule has 0 unspecified atom stereocenters. The summed E-state index contributed by atoms with van der Waals surface area (Å²) in [6.07, 6.45) is 0.806. The highest BCUT2D eigenvalue weighted by atomic mass is 32.2. The first-order valence-corrected chi connectivity index (χ1v) is 10.0. The topological polar surface area (TPSA) is 66.7 Å². The number of aromatic nitrogens is 1. The minimum Gasteiger partial charge on any atom is -0.361 e. The van der Waals surface area contributed by atoms with E-state index in [-0.39, 0.29) is 0 Å². The Kier molecular flexibility index (Phi) is 5.27. The summed E-state index contributed by atoms with van der Waals surface area (Å²) in [4.78, 5) is 2.61. The van der Waals surface area contributed by atoms with E-state index in [1.165, 1.54) is 0 Å². The maximum absolute atomic E-state index is 13.0. The van der Waals surface area contributed by atoms with Crippen LogP contribution in [-0.2, 0) is 16.6 Å². The molecule has 0 radical (unpaired) electrons. The molecule has 1 aromatic heterocycles. The van der Waals surface area contributed by atoms with Crippen molar-refractivity contribution in [1.82, 2.24) is 14.4 Å². The molecule has 3 rings (SSSR count). The van der Waals surface area contributed by atoms with Crippen molar-refractivity contribution < 1.29 is 12.9 Å². The summed E-state index contributed by atoms with van der Waals surface area (Å²) in [6.45, 7) is 9.07. The first-order chi connectivity index (χ1) is 11.9. The highest BCUT2D eigenvalue weighted by Gasteiger charge is 2.27. The Morgan fingerprint density at radius 2 is 1.84 bits per heavy atom. The number of nitrogens with zero attached hydrogens (tertiary/aromatic N) is 3. The zero-order valence-electron chi connectivity index (χ0n) is 15.0. The van der Waals surface area contributed by atoms with E-state index in [2.05, 4.69) is 10.1 Å². The average molecular weight is 363 g/mol. The van der Waals surface area contributed by atoms with Crippen LogP contribution in [0.1, 0.15) is 29.0 Å². The van der Waals surface area contributed by atoms with Crippen molar-refractivity contribution in [1.29, 1.82) is 0 Å². The summed E-state index contributed by atoms with van der Waals surface area (Å²) in [5.41, 5.74) is 2.99. The van der Waals surface area contributed by atoms with Gasteiger partial charge in [-0.05, 0) is 57.0 Å². The van der Waals surface area contributed by atoms with Crippen LogP contribution in [0.2, 0.25) is 0 Å². The van der Waals surface area contributed by atoms with Gasteiger partial charge in [0.2, 0.25) is 10.0 Å². The summed E-state index contributed by atoms with van der Waals surface area (Å²) in [5.74, 6) is 0.795. The van der Waals surface area contributed by atoms with Gasteiger partial charge in [-0.2, -0.15) is 4.31 Å². The maximum Gasteiger partial charge on any atom is 0.243 e. The Morgan fingerprint density at radius 3 is 2.52 bits per heavy atom. The molecule has 1 aromatic carbocycles. The third-order valence-electron chi connectivity index (χ3n) is 4.73. The molecule has 136 valence electrons. The van der Waals surface area contributed by atoms with Gasteiger partial charge >= 0.3 is 0 Å². The maximum atomic E-state index is 13.0. The highest BCUT2D eigenvalue weighted by molar-refractivity contribution is 7.89. The predicted molar refractivity (Wildman–Crippen MR) is 95.8 cm³/mol. The summed E-state index contributed by atoms with van der Waals surface area (Å²) >= 11 is 0.